The predicted octanol–water partition coefficient (Wildman–Crippen LogP) is 4.84. The number of hydrogen-bond acceptors (Lipinski definition) is 7. The van der Waals surface area contributed by atoms with Gasteiger partial charge in [0.05, 0.1) is 24.8 Å². The van der Waals surface area contributed by atoms with E-state index in [0.717, 1.165) is 6.26 Å². The van der Waals surface area contributed by atoms with Crippen molar-refractivity contribution in [2.24, 2.45) is 11.3 Å². The molecule has 1 amide bonds. The van der Waals surface area contributed by atoms with Crippen LogP contribution in [0.25, 0.3) is 11.1 Å². The lowest BCUT2D eigenvalue weighted by Crippen LogP contribution is -2.38. The van der Waals surface area contributed by atoms with Crippen molar-refractivity contribution in [3.05, 3.63) is 53.8 Å². The van der Waals surface area contributed by atoms with Crippen molar-refractivity contribution in [1.29, 1.82) is 0 Å². The average Bonchev–Trinajstić information content (AvgIpc) is 3.16. The number of alkyl carbamates (subject to hydrolysis) is 1. The number of para-hydroxylation sites is 1. The van der Waals surface area contributed by atoms with Gasteiger partial charge in [0.15, 0.2) is 0 Å². The van der Waals surface area contributed by atoms with E-state index in [9.17, 15) is 18.0 Å². The smallest absolute Gasteiger partial charge is 0.407 e. The van der Waals surface area contributed by atoms with Crippen molar-refractivity contribution in [3.63, 3.8) is 0 Å². The van der Waals surface area contributed by atoms with E-state index < -0.39 is 45.0 Å². The van der Waals surface area contributed by atoms with Crippen LogP contribution in [0.15, 0.2) is 42.5 Å². The molecule has 11 heteroatoms. The summed E-state index contributed by atoms with van der Waals surface area (Å²) in [5.74, 6) is -0.519. The summed E-state index contributed by atoms with van der Waals surface area (Å²) in [6, 6.07) is 11.3. The van der Waals surface area contributed by atoms with Gasteiger partial charge in [-0.25, -0.2) is 22.3 Å². The maximum Gasteiger partial charge on any atom is 0.407 e. The summed E-state index contributed by atoms with van der Waals surface area (Å²) in [5, 5.41) is 2.63. The summed E-state index contributed by atoms with van der Waals surface area (Å²) in [6.07, 6.45) is 1.50. The molecule has 0 radical (unpaired) electrons. The van der Waals surface area contributed by atoms with Gasteiger partial charge in [-0.1, -0.05) is 31.2 Å². The molecular weight excluding hydrogens is 551 g/mol. The second-order valence-corrected chi connectivity index (χ2v) is 13.4. The van der Waals surface area contributed by atoms with Gasteiger partial charge in [-0.3, -0.25) is 4.79 Å². The number of esters is 1. The molecular formula is C30H41FN2O7S. The van der Waals surface area contributed by atoms with Gasteiger partial charge in [-0.05, 0) is 76.6 Å². The first kappa shape index (κ1) is 32.3. The molecule has 3 rings (SSSR count). The second-order valence-electron chi connectivity index (χ2n) is 11.6. The van der Waals surface area contributed by atoms with E-state index >= 15 is 4.39 Å². The molecule has 9 nitrogen and oxygen atoms in total. The van der Waals surface area contributed by atoms with Gasteiger partial charge in [0, 0.05) is 17.2 Å². The Morgan fingerprint density at radius 3 is 2.46 bits per heavy atom. The van der Waals surface area contributed by atoms with Crippen LogP contribution < -0.4 is 14.8 Å². The first-order valence-corrected chi connectivity index (χ1v) is 15.6. The summed E-state index contributed by atoms with van der Waals surface area (Å²) in [4.78, 5) is 25.1. The number of benzene rings is 2. The number of nitrogens with one attached hydrogen (secondary N) is 2. The number of sulfonamides is 1. The average molecular weight is 593 g/mol. The minimum absolute atomic E-state index is 0.0996. The van der Waals surface area contributed by atoms with Crippen LogP contribution in [0.4, 0.5) is 9.18 Å². The largest absolute Gasteiger partial charge is 0.491 e. The Hall–Kier alpha value is -3.18. The normalized spacial score (nSPS) is 20.9. The number of ether oxygens (including phenoxy) is 3. The van der Waals surface area contributed by atoms with Gasteiger partial charge in [-0.2, -0.15) is 0 Å². The molecule has 2 aromatic carbocycles. The Kier molecular flexibility index (Phi) is 10.4. The lowest BCUT2D eigenvalue weighted by atomic mass is 9.78. The van der Waals surface area contributed by atoms with E-state index in [1.165, 1.54) is 6.07 Å². The molecule has 226 valence electrons. The van der Waals surface area contributed by atoms with E-state index in [4.69, 9.17) is 14.2 Å². The molecule has 1 aliphatic carbocycles. The summed E-state index contributed by atoms with van der Waals surface area (Å²) in [7, 11) is -3.47. The second kappa shape index (κ2) is 13.2. The van der Waals surface area contributed by atoms with Crippen LogP contribution in [0.1, 0.15) is 53.0 Å². The summed E-state index contributed by atoms with van der Waals surface area (Å²) in [5.41, 5.74) is -0.0491. The van der Waals surface area contributed by atoms with Crippen molar-refractivity contribution < 1.29 is 36.6 Å². The number of carbonyl (C=O) groups excluding carboxylic acids is 2. The molecule has 0 spiro atoms. The SMILES string of the molecule is CCOC(=O)[C@@]1(Cc2ccc(F)c(-c3ccccc3OCCNC(=O)OC(C)(C)C)c2)C[C@@H](C)[C@H](NS(C)(=O)=O)C1. The van der Waals surface area contributed by atoms with Crippen molar-refractivity contribution in [2.75, 3.05) is 26.0 Å². The highest BCUT2D eigenvalue weighted by molar-refractivity contribution is 7.88. The van der Waals surface area contributed by atoms with E-state index in [-0.39, 0.29) is 38.5 Å². The number of halogens is 1. The highest BCUT2D eigenvalue weighted by Gasteiger charge is 2.50. The van der Waals surface area contributed by atoms with Gasteiger partial charge in [0.25, 0.3) is 0 Å². The number of rotatable bonds is 11. The molecule has 1 fully saturated rings. The predicted molar refractivity (Wildman–Crippen MR) is 155 cm³/mol. The highest BCUT2D eigenvalue weighted by Crippen LogP contribution is 2.46. The molecule has 0 aromatic heterocycles. The third-order valence-corrected chi connectivity index (χ3v) is 7.59. The Bertz CT molecular complexity index is 1340. The van der Waals surface area contributed by atoms with Gasteiger partial charge in [0.2, 0.25) is 10.0 Å². The lowest BCUT2D eigenvalue weighted by molar-refractivity contribution is -0.155. The fraction of sp³-hybridized carbons (Fsp3) is 0.533. The molecule has 0 aliphatic heterocycles. The van der Waals surface area contributed by atoms with Crippen LogP contribution in [-0.4, -0.2) is 58.1 Å². The standard InChI is InChI=1S/C30H41FN2O7S/c1-7-38-27(34)30(17-20(2)25(19-30)33-41(6,36)37)18-21-12-13-24(31)23(16-21)22-10-8-9-11-26(22)39-15-14-32-28(35)40-29(3,4)5/h8-13,16,20,25,33H,7,14-15,17-19H2,1-6H3,(H,32,35)/t20-,25-,30-/m1/s1. The van der Waals surface area contributed by atoms with Crippen LogP contribution in [-0.2, 0) is 30.7 Å². The molecule has 0 saturated heterocycles. The quantitative estimate of drug-likeness (QED) is 0.283. The first-order chi connectivity index (χ1) is 19.1. The van der Waals surface area contributed by atoms with Crippen molar-refractivity contribution in [2.45, 2.75) is 65.5 Å². The molecule has 1 aliphatic rings. The maximum absolute atomic E-state index is 15.2. The third-order valence-electron chi connectivity index (χ3n) is 6.86. The first-order valence-electron chi connectivity index (χ1n) is 13.7. The van der Waals surface area contributed by atoms with E-state index in [1.807, 2.05) is 6.92 Å². The minimum atomic E-state index is -3.47. The van der Waals surface area contributed by atoms with Crippen molar-refractivity contribution >= 4 is 22.1 Å². The number of amides is 1. The van der Waals surface area contributed by atoms with Gasteiger partial charge >= 0.3 is 12.1 Å². The van der Waals surface area contributed by atoms with Gasteiger partial charge in [-0.15, -0.1) is 0 Å². The van der Waals surface area contributed by atoms with Crippen molar-refractivity contribution in [1.82, 2.24) is 10.0 Å². The molecule has 0 heterocycles. The summed E-state index contributed by atoms with van der Waals surface area (Å²) >= 11 is 0. The summed E-state index contributed by atoms with van der Waals surface area (Å²) in [6.45, 7) is 9.47. The molecule has 3 atom stereocenters. The molecule has 2 aromatic rings. The van der Waals surface area contributed by atoms with Crippen LogP contribution in [0.2, 0.25) is 0 Å². The minimum Gasteiger partial charge on any atom is -0.491 e. The Balaban J connectivity index is 1.82. The molecule has 1 saturated carbocycles. The van der Waals surface area contributed by atoms with Crippen LogP contribution >= 0.6 is 0 Å². The van der Waals surface area contributed by atoms with E-state index in [2.05, 4.69) is 10.0 Å². The highest BCUT2D eigenvalue weighted by atomic mass is 32.2. The Labute approximate surface area is 242 Å². The van der Waals surface area contributed by atoms with Gasteiger partial charge in [0.1, 0.15) is 23.8 Å². The topological polar surface area (TPSA) is 120 Å². The zero-order valence-corrected chi connectivity index (χ0v) is 25.4. The zero-order chi connectivity index (χ0) is 30.4. The molecule has 0 unspecified atom stereocenters. The molecule has 2 N–H and O–H groups in total. The fourth-order valence-corrected chi connectivity index (χ4v) is 6.15. The van der Waals surface area contributed by atoms with Gasteiger partial charge < -0.3 is 19.5 Å². The monoisotopic (exact) mass is 592 g/mol. The van der Waals surface area contributed by atoms with E-state index in [1.54, 1.807) is 64.1 Å². The summed E-state index contributed by atoms with van der Waals surface area (Å²) < 4.78 is 58.3. The van der Waals surface area contributed by atoms with Crippen LogP contribution in [0.5, 0.6) is 5.75 Å². The maximum atomic E-state index is 15.2. The van der Waals surface area contributed by atoms with Crippen molar-refractivity contribution in [3.8, 4) is 16.9 Å². The van der Waals surface area contributed by atoms with E-state index in [0.29, 0.717) is 28.9 Å². The Morgan fingerprint density at radius 2 is 1.80 bits per heavy atom. The fourth-order valence-electron chi connectivity index (χ4n) is 5.29. The zero-order valence-electron chi connectivity index (χ0n) is 24.6. The molecule has 0 bridgehead atoms. The number of hydrogen-bond donors (Lipinski definition) is 2. The Morgan fingerprint density at radius 1 is 1.10 bits per heavy atom. The van der Waals surface area contributed by atoms with Crippen LogP contribution in [0, 0.1) is 17.2 Å². The third kappa shape index (κ3) is 9.16. The lowest BCUT2D eigenvalue weighted by Gasteiger charge is -2.27. The van der Waals surface area contributed by atoms with Crippen LogP contribution in [0.3, 0.4) is 0 Å². The molecule has 41 heavy (non-hydrogen) atoms. The number of carbonyl (C=O) groups is 2.